The Labute approximate surface area is 139 Å². The highest BCUT2D eigenvalue weighted by atomic mass is 127. The van der Waals surface area contributed by atoms with Crippen molar-refractivity contribution in [2.24, 2.45) is 0 Å². The van der Waals surface area contributed by atoms with Crippen LogP contribution in [0.5, 0.6) is 0 Å². The van der Waals surface area contributed by atoms with Gasteiger partial charge in [0.05, 0.1) is 20.8 Å². The maximum Gasteiger partial charge on any atom is 0.109 e. The van der Waals surface area contributed by atoms with E-state index in [0.29, 0.717) is 6.04 Å². The molecule has 2 nitrogen and oxygen atoms in total. The molecule has 1 unspecified atom stereocenters. The number of nitrogens with zero attached hydrogens (tertiary/aromatic N) is 1. The summed E-state index contributed by atoms with van der Waals surface area (Å²) < 4.78 is 2.31. The smallest absolute Gasteiger partial charge is 0.109 e. The van der Waals surface area contributed by atoms with Crippen molar-refractivity contribution in [3.63, 3.8) is 0 Å². The number of hydrogen-bond donors (Lipinski definition) is 1. The van der Waals surface area contributed by atoms with Crippen molar-refractivity contribution in [3.05, 3.63) is 41.8 Å². The maximum absolute atomic E-state index is 4.36. The summed E-state index contributed by atoms with van der Waals surface area (Å²) in [7, 11) is 0. The van der Waals surface area contributed by atoms with E-state index in [4.69, 9.17) is 0 Å². The zero-order valence-corrected chi connectivity index (χ0v) is 15.1. The molecule has 0 radical (unpaired) electrons. The molecular weight excluding hydrogens is 435 g/mol. The van der Waals surface area contributed by atoms with E-state index in [-0.39, 0.29) is 0 Å². The second kappa shape index (κ2) is 5.69. The van der Waals surface area contributed by atoms with Crippen molar-refractivity contribution in [1.29, 1.82) is 0 Å². The van der Waals surface area contributed by atoms with Gasteiger partial charge < -0.3 is 5.32 Å². The summed E-state index contributed by atoms with van der Waals surface area (Å²) in [6, 6.07) is 4.92. The number of rotatable bonds is 2. The van der Waals surface area contributed by atoms with E-state index in [1.807, 2.05) is 17.5 Å². The molecule has 1 aliphatic rings. The highest BCUT2D eigenvalue weighted by Gasteiger charge is 2.22. The quantitative estimate of drug-likeness (QED) is 0.497. The van der Waals surface area contributed by atoms with E-state index in [9.17, 15) is 0 Å². The van der Waals surface area contributed by atoms with Gasteiger partial charge in [0.2, 0.25) is 0 Å². The minimum Gasteiger partial charge on any atom is -0.377 e. The van der Waals surface area contributed by atoms with Crippen molar-refractivity contribution in [2.75, 3.05) is 5.32 Å². The lowest BCUT2D eigenvalue weighted by molar-refractivity contribution is 0.608. The fraction of sp³-hybridized carbons (Fsp3) is 0.357. The van der Waals surface area contributed by atoms with E-state index >= 15 is 0 Å². The molecule has 0 saturated carbocycles. The highest BCUT2D eigenvalue weighted by Crippen LogP contribution is 2.38. The molecule has 19 heavy (non-hydrogen) atoms. The zero-order valence-electron chi connectivity index (χ0n) is 10.5. The number of thiophene rings is 1. The fourth-order valence-corrected chi connectivity index (χ4v) is 4.85. The number of hydrogen-bond acceptors (Lipinski definition) is 3. The van der Waals surface area contributed by atoms with Gasteiger partial charge in [-0.15, -0.1) is 11.3 Å². The first-order chi connectivity index (χ1) is 9.13. The van der Waals surface area contributed by atoms with Crippen LogP contribution in [0.15, 0.2) is 22.9 Å². The monoisotopic (exact) mass is 448 g/mol. The van der Waals surface area contributed by atoms with Crippen LogP contribution in [-0.2, 0) is 6.42 Å². The molecule has 0 fully saturated rings. The van der Waals surface area contributed by atoms with Gasteiger partial charge in [-0.1, -0.05) is 0 Å². The van der Waals surface area contributed by atoms with Crippen LogP contribution in [0.3, 0.4) is 0 Å². The van der Waals surface area contributed by atoms with E-state index in [2.05, 4.69) is 67.9 Å². The third-order valence-electron chi connectivity index (χ3n) is 3.44. The number of nitrogens with one attached hydrogen (secondary N) is 1. The lowest BCUT2D eigenvalue weighted by Crippen LogP contribution is -2.15. The van der Waals surface area contributed by atoms with Crippen LogP contribution in [0.25, 0.3) is 0 Å². The molecule has 2 aromatic rings. The molecule has 0 spiro atoms. The summed E-state index contributed by atoms with van der Waals surface area (Å²) in [5.74, 6) is 0. The van der Waals surface area contributed by atoms with E-state index < -0.39 is 0 Å². The summed E-state index contributed by atoms with van der Waals surface area (Å²) in [6.45, 7) is 2.07. The standard InChI is InChI=1S/C14H14BrIN2S/c1-8-5-9(7-17-14(8)15)18-11-3-2-4-12-10(11)6-13(16)19-12/h5-7,11,18H,2-4H2,1H3. The Hall–Kier alpha value is -0.140. The SMILES string of the molecule is Cc1cc(NC2CCCc3sc(I)cc32)cnc1Br. The fourth-order valence-electron chi connectivity index (χ4n) is 2.51. The molecule has 1 N–H and O–H groups in total. The van der Waals surface area contributed by atoms with Crippen molar-refractivity contribution in [3.8, 4) is 0 Å². The number of pyridine rings is 1. The first-order valence-electron chi connectivity index (χ1n) is 6.30. The second-order valence-electron chi connectivity index (χ2n) is 4.85. The molecule has 2 aromatic heterocycles. The van der Waals surface area contributed by atoms with Crippen molar-refractivity contribution in [1.82, 2.24) is 4.98 Å². The van der Waals surface area contributed by atoms with E-state index in [1.54, 1.807) is 4.88 Å². The Kier molecular flexibility index (Phi) is 4.14. The first-order valence-corrected chi connectivity index (χ1v) is 8.99. The Morgan fingerprint density at radius 1 is 1.47 bits per heavy atom. The van der Waals surface area contributed by atoms with Crippen molar-refractivity contribution < 1.29 is 0 Å². The molecule has 0 aliphatic heterocycles. The summed E-state index contributed by atoms with van der Waals surface area (Å²) in [4.78, 5) is 5.91. The van der Waals surface area contributed by atoms with Crippen LogP contribution in [0.1, 0.15) is 34.9 Å². The van der Waals surface area contributed by atoms with Gasteiger partial charge in [-0.2, -0.15) is 0 Å². The van der Waals surface area contributed by atoms with Gasteiger partial charge in [-0.25, -0.2) is 4.98 Å². The van der Waals surface area contributed by atoms with Gasteiger partial charge in [0, 0.05) is 4.88 Å². The molecule has 2 heterocycles. The third kappa shape index (κ3) is 2.97. The van der Waals surface area contributed by atoms with Crippen LogP contribution >= 0.6 is 49.9 Å². The average molecular weight is 449 g/mol. The Bertz CT molecular complexity index is 611. The maximum atomic E-state index is 4.36. The third-order valence-corrected chi connectivity index (χ3v) is 6.24. The van der Waals surface area contributed by atoms with Crippen LogP contribution in [0, 0.1) is 9.81 Å². The van der Waals surface area contributed by atoms with Crippen molar-refractivity contribution >= 4 is 55.5 Å². The van der Waals surface area contributed by atoms with Gasteiger partial charge >= 0.3 is 0 Å². The molecule has 1 atom stereocenters. The van der Waals surface area contributed by atoms with Crippen LogP contribution in [-0.4, -0.2) is 4.98 Å². The van der Waals surface area contributed by atoms with Gasteiger partial charge in [-0.05, 0) is 88.0 Å². The number of halogens is 2. The van der Waals surface area contributed by atoms with Gasteiger partial charge in [0.25, 0.3) is 0 Å². The molecule has 100 valence electrons. The predicted octanol–water partition coefficient (Wildman–Crippen LogP) is 5.31. The lowest BCUT2D eigenvalue weighted by Gasteiger charge is -2.24. The number of anilines is 1. The zero-order chi connectivity index (χ0) is 13.4. The topological polar surface area (TPSA) is 24.9 Å². The summed E-state index contributed by atoms with van der Waals surface area (Å²) >= 11 is 7.80. The Balaban J connectivity index is 1.86. The Morgan fingerprint density at radius 3 is 3.11 bits per heavy atom. The van der Waals surface area contributed by atoms with Gasteiger partial charge in [0.15, 0.2) is 0 Å². The molecule has 0 bridgehead atoms. The highest BCUT2D eigenvalue weighted by molar-refractivity contribution is 14.1. The molecule has 0 saturated heterocycles. The van der Waals surface area contributed by atoms with Gasteiger partial charge in [0.1, 0.15) is 4.60 Å². The molecular formula is C14H14BrIN2S. The molecule has 0 amide bonds. The van der Waals surface area contributed by atoms with Crippen molar-refractivity contribution in [2.45, 2.75) is 32.2 Å². The van der Waals surface area contributed by atoms with Gasteiger partial charge in [-0.3, -0.25) is 0 Å². The molecule has 1 aliphatic carbocycles. The molecule has 0 aromatic carbocycles. The van der Waals surface area contributed by atoms with Crippen LogP contribution < -0.4 is 5.32 Å². The Morgan fingerprint density at radius 2 is 2.32 bits per heavy atom. The lowest BCUT2D eigenvalue weighted by atomic mass is 9.94. The molecule has 3 rings (SSSR count). The number of aromatic nitrogens is 1. The predicted molar refractivity (Wildman–Crippen MR) is 93.0 cm³/mol. The minimum absolute atomic E-state index is 0.436. The summed E-state index contributed by atoms with van der Waals surface area (Å²) in [5, 5.41) is 3.64. The largest absolute Gasteiger partial charge is 0.377 e. The minimum atomic E-state index is 0.436. The normalized spacial score (nSPS) is 18.2. The summed E-state index contributed by atoms with van der Waals surface area (Å²) in [6.07, 6.45) is 5.61. The molecule has 5 heteroatoms. The second-order valence-corrected chi connectivity index (χ2v) is 8.63. The van der Waals surface area contributed by atoms with E-state index in [1.165, 1.54) is 33.3 Å². The first kappa shape index (κ1) is 13.8. The van der Waals surface area contributed by atoms with E-state index in [0.717, 1.165) is 10.3 Å². The number of aryl methyl sites for hydroxylation is 2. The number of fused-ring (bicyclic) bond motifs is 1. The summed E-state index contributed by atoms with van der Waals surface area (Å²) in [5.41, 5.74) is 3.77. The average Bonchev–Trinajstić information content (AvgIpc) is 2.75. The van der Waals surface area contributed by atoms with Crippen LogP contribution in [0.4, 0.5) is 5.69 Å². The van der Waals surface area contributed by atoms with Crippen LogP contribution in [0.2, 0.25) is 0 Å².